The molecule has 10 heteroatoms. The van der Waals surface area contributed by atoms with Crippen LogP contribution < -0.4 is 5.32 Å². The third kappa shape index (κ3) is 5.21. The lowest BCUT2D eigenvalue weighted by molar-refractivity contribution is -0.0258. The summed E-state index contributed by atoms with van der Waals surface area (Å²) in [6.07, 6.45) is 0. The number of thiophene rings is 1. The van der Waals surface area contributed by atoms with E-state index >= 15 is 0 Å². The number of hydroxylamine groups is 1. The molecule has 0 bridgehead atoms. The zero-order chi connectivity index (χ0) is 20.9. The third-order valence-corrected chi connectivity index (χ3v) is 7.49. The van der Waals surface area contributed by atoms with Crippen LogP contribution >= 0.6 is 11.3 Å². The van der Waals surface area contributed by atoms with Crippen molar-refractivity contribution in [2.24, 2.45) is 0 Å². The van der Waals surface area contributed by atoms with Crippen LogP contribution in [0.25, 0.3) is 0 Å². The molecule has 0 saturated carbocycles. The van der Waals surface area contributed by atoms with E-state index in [0.29, 0.717) is 25.3 Å². The maximum absolute atomic E-state index is 12.6. The molecule has 3 rings (SSSR count). The summed E-state index contributed by atoms with van der Waals surface area (Å²) >= 11 is 1.66. The summed E-state index contributed by atoms with van der Waals surface area (Å²) in [5, 5.41) is 5.01. The average molecular weight is 440 g/mol. The molecule has 1 saturated heterocycles. The molecule has 2 heterocycles. The van der Waals surface area contributed by atoms with E-state index in [9.17, 15) is 13.2 Å². The molecule has 1 aliphatic heterocycles. The standard InChI is InChI=1S/C19H25N3O5S2/c1-21(26-2)29(24,25)16-7-5-15(6-8-16)19(23)20-14-17(18-4-3-13-28-18)22-9-11-27-12-10-22/h3-8,13,17H,9-12,14H2,1-2H3,(H,20,23). The van der Waals surface area contributed by atoms with Crippen LogP contribution in [0.4, 0.5) is 0 Å². The van der Waals surface area contributed by atoms with Gasteiger partial charge >= 0.3 is 0 Å². The largest absolute Gasteiger partial charge is 0.379 e. The summed E-state index contributed by atoms with van der Waals surface area (Å²) in [6.45, 7) is 3.46. The molecule has 1 fully saturated rings. The summed E-state index contributed by atoms with van der Waals surface area (Å²) < 4.78 is 30.7. The van der Waals surface area contributed by atoms with Crippen molar-refractivity contribution in [1.82, 2.24) is 14.7 Å². The molecule has 1 amide bonds. The number of nitrogens with one attached hydrogen (secondary N) is 1. The molecule has 1 aliphatic rings. The minimum atomic E-state index is -3.74. The van der Waals surface area contributed by atoms with Crippen molar-refractivity contribution in [3.63, 3.8) is 0 Å². The summed E-state index contributed by atoms with van der Waals surface area (Å²) in [4.78, 5) is 20.9. The van der Waals surface area contributed by atoms with E-state index in [1.54, 1.807) is 11.3 Å². The number of ether oxygens (including phenoxy) is 1. The predicted molar refractivity (Wildman–Crippen MR) is 110 cm³/mol. The second-order valence-corrected chi connectivity index (χ2v) is 9.43. The van der Waals surface area contributed by atoms with Crippen LogP contribution in [0.2, 0.25) is 0 Å². The molecule has 29 heavy (non-hydrogen) atoms. The van der Waals surface area contributed by atoms with E-state index in [2.05, 4.69) is 16.3 Å². The molecule has 0 radical (unpaired) electrons. The first-order valence-electron chi connectivity index (χ1n) is 9.20. The quantitative estimate of drug-likeness (QED) is 0.631. The van der Waals surface area contributed by atoms with Crippen LogP contribution in [0.1, 0.15) is 21.3 Å². The Morgan fingerprint density at radius 1 is 1.28 bits per heavy atom. The van der Waals surface area contributed by atoms with Crippen LogP contribution in [-0.2, 0) is 19.6 Å². The highest BCUT2D eigenvalue weighted by molar-refractivity contribution is 7.89. The molecule has 1 aromatic heterocycles. The van der Waals surface area contributed by atoms with Gasteiger partial charge < -0.3 is 10.1 Å². The molecule has 1 N–H and O–H groups in total. The summed E-state index contributed by atoms with van der Waals surface area (Å²) in [7, 11) is -1.15. The van der Waals surface area contributed by atoms with Crippen LogP contribution in [-0.4, -0.2) is 70.7 Å². The molecule has 0 aliphatic carbocycles. The maximum Gasteiger partial charge on any atom is 0.264 e. The van der Waals surface area contributed by atoms with Gasteiger partial charge in [0.15, 0.2) is 0 Å². The predicted octanol–water partition coefficient (Wildman–Crippen LogP) is 1.73. The maximum atomic E-state index is 12.6. The Hall–Kier alpha value is -1.82. The normalized spacial score (nSPS) is 16.7. The van der Waals surface area contributed by atoms with E-state index in [-0.39, 0.29) is 16.8 Å². The highest BCUT2D eigenvalue weighted by atomic mass is 32.2. The minimum absolute atomic E-state index is 0.0585. The van der Waals surface area contributed by atoms with Crippen molar-refractivity contribution in [2.45, 2.75) is 10.9 Å². The molecule has 0 spiro atoms. The molecule has 8 nitrogen and oxygen atoms in total. The number of carbonyl (C=O) groups is 1. The van der Waals surface area contributed by atoms with Crippen LogP contribution in [0.3, 0.4) is 0 Å². The highest BCUT2D eigenvalue weighted by Crippen LogP contribution is 2.25. The van der Waals surface area contributed by atoms with Crippen LogP contribution in [0.15, 0.2) is 46.7 Å². The lowest BCUT2D eigenvalue weighted by Crippen LogP contribution is -2.43. The van der Waals surface area contributed by atoms with Gasteiger partial charge in [-0.15, -0.1) is 11.3 Å². The van der Waals surface area contributed by atoms with Crippen LogP contribution in [0, 0.1) is 0 Å². The Morgan fingerprint density at radius 2 is 1.97 bits per heavy atom. The van der Waals surface area contributed by atoms with E-state index in [1.807, 2.05) is 11.4 Å². The number of hydrogen-bond donors (Lipinski definition) is 1. The molecule has 1 aromatic carbocycles. The number of benzene rings is 1. The topological polar surface area (TPSA) is 88.2 Å². The average Bonchev–Trinajstić information content (AvgIpc) is 3.28. The van der Waals surface area contributed by atoms with Crippen LogP contribution in [0.5, 0.6) is 0 Å². The number of amides is 1. The van der Waals surface area contributed by atoms with E-state index < -0.39 is 10.0 Å². The Balaban J connectivity index is 1.67. The number of sulfonamides is 1. The van der Waals surface area contributed by atoms with Gasteiger partial charge in [-0.3, -0.25) is 14.5 Å². The Labute approximate surface area is 175 Å². The van der Waals surface area contributed by atoms with Crippen molar-refractivity contribution < 1.29 is 22.8 Å². The molecular formula is C19H25N3O5S2. The van der Waals surface area contributed by atoms with Gasteiger partial charge in [-0.25, -0.2) is 8.42 Å². The number of carbonyl (C=O) groups excluding carboxylic acids is 1. The second kappa shape index (κ2) is 9.79. The van der Waals surface area contributed by atoms with Gasteiger partial charge in [0, 0.05) is 37.1 Å². The van der Waals surface area contributed by atoms with E-state index in [1.165, 1.54) is 43.3 Å². The van der Waals surface area contributed by atoms with E-state index in [0.717, 1.165) is 17.6 Å². The zero-order valence-corrected chi connectivity index (χ0v) is 18.0. The fourth-order valence-electron chi connectivity index (χ4n) is 3.10. The third-order valence-electron chi connectivity index (χ3n) is 4.82. The van der Waals surface area contributed by atoms with E-state index in [4.69, 9.17) is 9.57 Å². The van der Waals surface area contributed by atoms with Gasteiger partial charge in [0.2, 0.25) is 0 Å². The molecule has 2 aromatic rings. The molecular weight excluding hydrogens is 414 g/mol. The van der Waals surface area contributed by atoms with Crippen molar-refractivity contribution in [3.8, 4) is 0 Å². The fraction of sp³-hybridized carbons (Fsp3) is 0.421. The van der Waals surface area contributed by atoms with Gasteiger partial charge in [-0.05, 0) is 35.7 Å². The van der Waals surface area contributed by atoms with Crippen molar-refractivity contribution in [1.29, 1.82) is 0 Å². The fourth-order valence-corrected chi connectivity index (χ4v) is 4.93. The summed E-state index contributed by atoms with van der Waals surface area (Å²) in [5.41, 5.74) is 0.399. The van der Waals surface area contributed by atoms with Crippen molar-refractivity contribution in [2.75, 3.05) is 47.0 Å². The van der Waals surface area contributed by atoms with Crippen molar-refractivity contribution >= 4 is 27.3 Å². The Kier molecular flexibility index (Phi) is 7.38. The minimum Gasteiger partial charge on any atom is -0.379 e. The first kappa shape index (κ1) is 21.9. The lowest BCUT2D eigenvalue weighted by Gasteiger charge is -2.34. The second-order valence-electron chi connectivity index (χ2n) is 6.51. The first-order valence-corrected chi connectivity index (χ1v) is 11.5. The Bertz CT molecular complexity index is 894. The molecule has 1 unspecified atom stereocenters. The van der Waals surface area contributed by atoms with Gasteiger partial charge in [-0.1, -0.05) is 10.5 Å². The lowest BCUT2D eigenvalue weighted by atomic mass is 10.1. The monoisotopic (exact) mass is 439 g/mol. The first-order chi connectivity index (χ1) is 13.9. The number of nitrogens with zero attached hydrogens (tertiary/aromatic N) is 2. The summed E-state index contributed by atoms with van der Waals surface area (Å²) in [6, 6.07) is 9.96. The molecule has 1 atom stereocenters. The summed E-state index contributed by atoms with van der Waals surface area (Å²) in [5.74, 6) is -0.246. The number of hydrogen-bond acceptors (Lipinski definition) is 7. The van der Waals surface area contributed by atoms with Gasteiger partial charge in [0.05, 0.1) is 31.3 Å². The van der Waals surface area contributed by atoms with Crippen molar-refractivity contribution in [3.05, 3.63) is 52.2 Å². The number of morpholine rings is 1. The SMILES string of the molecule is CON(C)S(=O)(=O)c1ccc(C(=O)NCC(c2cccs2)N2CCOCC2)cc1. The molecule has 158 valence electrons. The highest BCUT2D eigenvalue weighted by Gasteiger charge is 2.25. The Morgan fingerprint density at radius 3 is 2.55 bits per heavy atom. The zero-order valence-electron chi connectivity index (χ0n) is 16.4. The number of rotatable bonds is 8. The van der Waals surface area contributed by atoms with Gasteiger partial charge in [-0.2, -0.15) is 0 Å². The smallest absolute Gasteiger partial charge is 0.264 e. The van der Waals surface area contributed by atoms with Gasteiger partial charge in [0.1, 0.15) is 0 Å². The van der Waals surface area contributed by atoms with Gasteiger partial charge in [0.25, 0.3) is 15.9 Å².